The highest BCUT2D eigenvalue weighted by Crippen LogP contribution is 2.18. The lowest BCUT2D eigenvalue weighted by Crippen LogP contribution is -1.95. The standard InChI is InChI=1S/C5H2Br2O3/c6-3-1-2-9-4(3)5(8)10-7/h1-2H. The molecule has 0 amide bonds. The summed E-state index contributed by atoms with van der Waals surface area (Å²) in [6.45, 7) is 0. The number of rotatable bonds is 1. The fraction of sp³-hybridized carbons (Fsp3) is 0. The molecule has 1 aromatic heterocycles. The first-order valence-corrected chi connectivity index (χ1v) is 3.75. The van der Waals surface area contributed by atoms with Crippen LogP contribution in [0.1, 0.15) is 10.6 Å². The zero-order valence-electron chi connectivity index (χ0n) is 4.64. The molecule has 3 nitrogen and oxygen atoms in total. The Kier molecular flexibility index (Phi) is 2.50. The molecule has 0 bridgehead atoms. The van der Waals surface area contributed by atoms with Crippen molar-refractivity contribution in [2.24, 2.45) is 0 Å². The van der Waals surface area contributed by atoms with Gasteiger partial charge in [0.25, 0.3) is 0 Å². The number of carbonyl (C=O) groups excluding carboxylic acids is 1. The van der Waals surface area contributed by atoms with Crippen molar-refractivity contribution in [1.82, 2.24) is 0 Å². The van der Waals surface area contributed by atoms with Crippen LogP contribution >= 0.6 is 32.2 Å². The van der Waals surface area contributed by atoms with E-state index in [1.807, 2.05) is 0 Å². The molecule has 0 aliphatic rings. The van der Waals surface area contributed by atoms with Gasteiger partial charge in [-0.3, -0.25) is 0 Å². The Labute approximate surface area is 73.9 Å². The highest BCUT2D eigenvalue weighted by atomic mass is 79.9. The van der Waals surface area contributed by atoms with Crippen LogP contribution in [0.4, 0.5) is 0 Å². The molecule has 0 saturated carbocycles. The molecule has 0 fully saturated rings. The fourth-order valence-corrected chi connectivity index (χ4v) is 0.985. The summed E-state index contributed by atoms with van der Waals surface area (Å²) in [6, 6.07) is 1.61. The summed E-state index contributed by atoms with van der Waals surface area (Å²) in [4.78, 5) is 10.7. The van der Waals surface area contributed by atoms with Crippen LogP contribution in [0.25, 0.3) is 0 Å². The minimum Gasteiger partial charge on any atom is -0.456 e. The Bertz CT molecular complexity index is 243. The van der Waals surface area contributed by atoms with E-state index in [1.54, 1.807) is 6.07 Å². The first-order valence-electron chi connectivity index (χ1n) is 2.31. The predicted octanol–water partition coefficient (Wildman–Crippen LogP) is 2.51. The monoisotopic (exact) mass is 268 g/mol. The Balaban J connectivity index is 2.93. The van der Waals surface area contributed by atoms with E-state index >= 15 is 0 Å². The number of halogens is 2. The van der Waals surface area contributed by atoms with Crippen molar-refractivity contribution in [1.29, 1.82) is 0 Å². The molecule has 0 atom stereocenters. The van der Waals surface area contributed by atoms with Crippen molar-refractivity contribution in [3.8, 4) is 0 Å². The molecule has 0 spiro atoms. The highest BCUT2D eigenvalue weighted by molar-refractivity contribution is 9.10. The maximum absolute atomic E-state index is 10.7. The van der Waals surface area contributed by atoms with E-state index in [2.05, 4.69) is 36.0 Å². The van der Waals surface area contributed by atoms with Crippen molar-refractivity contribution in [3.63, 3.8) is 0 Å². The molecule has 10 heavy (non-hydrogen) atoms. The molecule has 0 aromatic carbocycles. The molecule has 5 heteroatoms. The summed E-state index contributed by atoms with van der Waals surface area (Å²) in [5.74, 6) is -0.409. The van der Waals surface area contributed by atoms with E-state index in [-0.39, 0.29) is 5.76 Å². The van der Waals surface area contributed by atoms with Crippen LogP contribution < -0.4 is 0 Å². The third-order valence-electron chi connectivity index (χ3n) is 0.873. The van der Waals surface area contributed by atoms with Gasteiger partial charge in [0.15, 0.2) is 16.3 Å². The number of carbonyl (C=O) groups is 1. The number of furan rings is 1. The van der Waals surface area contributed by atoms with Crippen LogP contribution in [0.5, 0.6) is 0 Å². The van der Waals surface area contributed by atoms with Gasteiger partial charge in [0, 0.05) is 0 Å². The second-order valence-corrected chi connectivity index (χ2v) is 2.64. The Morgan fingerprint density at radius 3 is 2.80 bits per heavy atom. The average Bonchev–Trinajstić information content (AvgIpc) is 2.34. The smallest absolute Gasteiger partial charge is 0.386 e. The average molecular weight is 270 g/mol. The molecule has 0 aliphatic carbocycles. The van der Waals surface area contributed by atoms with Gasteiger partial charge in [-0.25, -0.2) is 4.79 Å². The van der Waals surface area contributed by atoms with Crippen molar-refractivity contribution >= 4 is 38.2 Å². The summed E-state index contributed by atoms with van der Waals surface area (Å²) in [5.41, 5.74) is 0. The number of hydrogen-bond donors (Lipinski definition) is 0. The summed E-state index contributed by atoms with van der Waals surface area (Å²) >= 11 is 5.63. The molecule has 1 aromatic rings. The lowest BCUT2D eigenvalue weighted by atomic mass is 10.5. The van der Waals surface area contributed by atoms with Gasteiger partial charge >= 0.3 is 5.97 Å². The Morgan fingerprint density at radius 2 is 2.40 bits per heavy atom. The van der Waals surface area contributed by atoms with Gasteiger partial charge in [-0.05, 0) is 22.0 Å². The third kappa shape index (κ3) is 1.41. The molecule has 54 valence electrons. The Hall–Kier alpha value is -0.290. The molecular formula is C5H2Br2O3. The largest absolute Gasteiger partial charge is 0.456 e. The maximum atomic E-state index is 10.7. The molecule has 0 unspecified atom stereocenters. The first kappa shape index (κ1) is 7.81. The normalized spacial score (nSPS) is 9.40. The summed E-state index contributed by atoms with van der Waals surface area (Å²) in [6.07, 6.45) is 1.39. The summed E-state index contributed by atoms with van der Waals surface area (Å²) in [5, 5.41) is 0. The first-order chi connectivity index (χ1) is 4.75. The van der Waals surface area contributed by atoms with Crippen molar-refractivity contribution in [2.75, 3.05) is 0 Å². The minimum atomic E-state index is -0.558. The topological polar surface area (TPSA) is 39.4 Å². The van der Waals surface area contributed by atoms with Crippen molar-refractivity contribution in [2.45, 2.75) is 0 Å². The van der Waals surface area contributed by atoms with Crippen LogP contribution in [-0.4, -0.2) is 5.97 Å². The van der Waals surface area contributed by atoms with Gasteiger partial charge in [0.1, 0.15) is 0 Å². The molecule has 0 radical (unpaired) electrons. The van der Waals surface area contributed by atoms with Crippen LogP contribution in [0.15, 0.2) is 21.2 Å². The van der Waals surface area contributed by atoms with E-state index < -0.39 is 5.97 Å². The third-order valence-corrected chi connectivity index (χ3v) is 1.79. The van der Waals surface area contributed by atoms with Crippen LogP contribution in [0.2, 0.25) is 0 Å². The van der Waals surface area contributed by atoms with Gasteiger partial charge in [-0.15, -0.1) is 0 Å². The SMILES string of the molecule is O=C(OBr)c1occc1Br. The van der Waals surface area contributed by atoms with Crippen molar-refractivity contribution in [3.05, 3.63) is 22.6 Å². The summed E-state index contributed by atoms with van der Waals surface area (Å²) < 4.78 is 9.57. The molecule has 1 heterocycles. The molecule has 0 aliphatic heterocycles. The van der Waals surface area contributed by atoms with Gasteiger partial charge in [0.05, 0.1) is 10.7 Å². The fourth-order valence-electron chi connectivity index (χ4n) is 0.474. The summed E-state index contributed by atoms with van der Waals surface area (Å²) in [7, 11) is 0. The lowest BCUT2D eigenvalue weighted by molar-refractivity contribution is 0.0748. The van der Waals surface area contributed by atoms with E-state index in [4.69, 9.17) is 4.42 Å². The second-order valence-electron chi connectivity index (χ2n) is 1.46. The molecule has 0 N–H and O–H groups in total. The quantitative estimate of drug-likeness (QED) is 0.787. The van der Waals surface area contributed by atoms with Crippen LogP contribution in [-0.2, 0) is 3.83 Å². The van der Waals surface area contributed by atoms with Crippen molar-refractivity contribution < 1.29 is 13.0 Å². The lowest BCUT2D eigenvalue weighted by Gasteiger charge is -1.89. The van der Waals surface area contributed by atoms with E-state index in [0.29, 0.717) is 4.47 Å². The second kappa shape index (κ2) is 3.21. The van der Waals surface area contributed by atoms with Crippen LogP contribution in [0.3, 0.4) is 0 Å². The van der Waals surface area contributed by atoms with E-state index in [9.17, 15) is 4.79 Å². The van der Waals surface area contributed by atoms with E-state index in [1.165, 1.54) is 6.26 Å². The van der Waals surface area contributed by atoms with Gasteiger partial charge in [-0.1, -0.05) is 0 Å². The highest BCUT2D eigenvalue weighted by Gasteiger charge is 2.13. The zero-order chi connectivity index (χ0) is 7.56. The molecular weight excluding hydrogens is 268 g/mol. The minimum absolute atomic E-state index is 0.150. The number of hydrogen-bond acceptors (Lipinski definition) is 3. The van der Waals surface area contributed by atoms with E-state index in [0.717, 1.165) is 0 Å². The van der Waals surface area contributed by atoms with Gasteiger partial charge in [-0.2, -0.15) is 0 Å². The molecule has 0 saturated heterocycles. The molecule has 1 rings (SSSR count). The Morgan fingerprint density at radius 1 is 1.70 bits per heavy atom. The zero-order valence-corrected chi connectivity index (χ0v) is 7.81. The van der Waals surface area contributed by atoms with Gasteiger partial charge in [0.2, 0.25) is 5.76 Å². The predicted molar refractivity (Wildman–Crippen MR) is 40.8 cm³/mol. The maximum Gasteiger partial charge on any atom is 0.386 e. The van der Waals surface area contributed by atoms with Gasteiger partial charge < -0.3 is 8.25 Å². The van der Waals surface area contributed by atoms with Crippen LogP contribution in [0, 0.1) is 0 Å².